The quantitative estimate of drug-likeness (QED) is 0.306. The number of hydrogen-bond donors (Lipinski definition) is 0. The number of benzene rings is 2. The number of ether oxygens (including phenoxy) is 3. The Morgan fingerprint density at radius 2 is 1.87 bits per heavy atom. The number of allylic oxidation sites excluding steroid dienone is 1. The molecule has 0 N–H and O–H groups in total. The molecule has 1 aliphatic rings. The van der Waals surface area contributed by atoms with Crippen molar-refractivity contribution in [2.75, 3.05) is 13.2 Å². The highest BCUT2D eigenvalue weighted by atomic mass is 35.5. The van der Waals surface area contributed by atoms with Crippen LogP contribution < -0.4 is 24.4 Å². The smallest absolute Gasteiger partial charge is 0.338 e. The Morgan fingerprint density at radius 3 is 2.53 bits per heavy atom. The van der Waals surface area contributed by atoms with Crippen molar-refractivity contribution in [2.45, 2.75) is 33.7 Å². The van der Waals surface area contributed by atoms with Crippen molar-refractivity contribution in [3.8, 4) is 11.5 Å². The molecule has 2 aromatic carbocycles. The van der Waals surface area contributed by atoms with Crippen LogP contribution in [0.25, 0.3) is 6.08 Å². The van der Waals surface area contributed by atoms with E-state index in [-0.39, 0.29) is 23.5 Å². The van der Waals surface area contributed by atoms with E-state index in [1.807, 2.05) is 0 Å². The highest BCUT2D eigenvalue weighted by Gasteiger charge is 2.34. The van der Waals surface area contributed by atoms with Gasteiger partial charge in [0.25, 0.3) is 5.56 Å². The summed E-state index contributed by atoms with van der Waals surface area (Å²) in [5, 5.41) is 0.872. The molecule has 1 aliphatic heterocycles. The third kappa shape index (κ3) is 5.55. The zero-order valence-electron chi connectivity index (χ0n) is 21.0. The Balaban J connectivity index is 1.96. The van der Waals surface area contributed by atoms with E-state index >= 15 is 0 Å². The molecule has 3 aromatic rings. The van der Waals surface area contributed by atoms with Crippen molar-refractivity contribution < 1.29 is 23.8 Å². The second kappa shape index (κ2) is 11.6. The molecule has 8 nitrogen and oxygen atoms in total. The summed E-state index contributed by atoms with van der Waals surface area (Å²) in [5.41, 5.74) is 1.45. The average molecular weight is 575 g/mol. The van der Waals surface area contributed by atoms with Gasteiger partial charge in [-0.2, -0.15) is 0 Å². The van der Waals surface area contributed by atoms with E-state index in [2.05, 4.69) is 4.99 Å². The first-order chi connectivity index (χ1) is 18.1. The Kier molecular flexibility index (Phi) is 8.40. The third-order valence-electron chi connectivity index (χ3n) is 5.60. The number of rotatable bonds is 7. The standard InChI is InChI=1S/C27H24Cl2N2O6S/c1-5-35-21-11-17(8-10-20(21)37-15(4)32)24-23(26(34)36-6-2)14(3)30-27-31(24)25(33)22(38-27)12-16-7-9-18(28)13-19(16)29/h7-13,24H,5-6H2,1-4H3/b22-12+. The van der Waals surface area contributed by atoms with Gasteiger partial charge in [-0.3, -0.25) is 14.2 Å². The zero-order chi connectivity index (χ0) is 27.6. The first-order valence-corrected chi connectivity index (χ1v) is 13.3. The maximum Gasteiger partial charge on any atom is 0.338 e. The normalized spacial score (nSPS) is 15.1. The van der Waals surface area contributed by atoms with Crippen molar-refractivity contribution in [2.24, 2.45) is 4.99 Å². The number of nitrogens with zero attached hydrogens (tertiary/aromatic N) is 2. The summed E-state index contributed by atoms with van der Waals surface area (Å²) in [6, 6.07) is 9.04. The van der Waals surface area contributed by atoms with Gasteiger partial charge in [0.05, 0.1) is 35.1 Å². The molecule has 2 heterocycles. The van der Waals surface area contributed by atoms with Gasteiger partial charge in [-0.05, 0) is 62.2 Å². The molecule has 0 fully saturated rings. The molecule has 1 unspecified atom stereocenters. The first-order valence-electron chi connectivity index (χ1n) is 11.7. The highest BCUT2D eigenvalue weighted by molar-refractivity contribution is 7.07. The van der Waals surface area contributed by atoms with Crippen molar-refractivity contribution in [3.05, 3.63) is 88.5 Å². The number of halogens is 2. The zero-order valence-corrected chi connectivity index (χ0v) is 23.4. The topological polar surface area (TPSA) is 96.2 Å². The number of carbonyl (C=O) groups excluding carboxylic acids is 2. The summed E-state index contributed by atoms with van der Waals surface area (Å²) >= 11 is 13.5. The van der Waals surface area contributed by atoms with Crippen LogP contribution in [0.3, 0.4) is 0 Å². The monoisotopic (exact) mass is 574 g/mol. The predicted molar refractivity (Wildman–Crippen MR) is 146 cm³/mol. The molecule has 38 heavy (non-hydrogen) atoms. The molecule has 0 radical (unpaired) electrons. The Bertz CT molecular complexity index is 1640. The van der Waals surface area contributed by atoms with E-state index in [4.69, 9.17) is 37.4 Å². The van der Waals surface area contributed by atoms with Crippen molar-refractivity contribution in [1.29, 1.82) is 0 Å². The molecule has 0 bridgehead atoms. The number of hydrogen-bond acceptors (Lipinski definition) is 8. The molecule has 198 valence electrons. The molecule has 0 saturated carbocycles. The van der Waals surface area contributed by atoms with Crippen molar-refractivity contribution in [3.63, 3.8) is 0 Å². The fraction of sp³-hybridized carbons (Fsp3) is 0.259. The number of carbonyl (C=O) groups is 2. The lowest BCUT2D eigenvalue weighted by atomic mass is 9.95. The summed E-state index contributed by atoms with van der Waals surface area (Å²) in [6.45, 7) is 6.94. The van der Waals surface area contributed by atoms with E-state index in [1.165, 1.54) is 22.8 Å². The van der Waals surface area contributed by atoms with Crippen LogP contribution in [0.1, 0.15) is 44.9 Å². The lowest BCUT2D eigenvalue weighted by Gasteiger charge is -2.25. The van der Waals surface area contributed by atoms with Gasteiger partial charge in [-0.25, -0.2) is 9.79 Å². The van der Waals surface area contributed by atoms with Crippen LogP contribution in [0.4, 0.5) is 0 Å². The molecular formula is C27H24Cl2N2O6S. The van der Waals surface area contributed by atoms with Gasteiger partial charge in [-0.15, -0.1) is 0 Å². The van der Waals surface area contributed by atoms with E-state index < -0.39 is 18.0 Å². The maximum atomic E-state index is 13.8. The lowest BCUT2D eigenvalue weighted by molar-refractivity contribution is -0.139. The van der Waals surface area contributed by atoms with E-state index in [9.17, 15) is 14.4 Å². The molecule has 4 rings (SSSR count). The molecule has 0 saturated heterocycles. The van der Waals surface area contributed by atoms with Gasteiger partial charge >= 0.3 is 11.9 Å². The van der Waals surface area contributed by atoms with Gasteiger partial charge < -0.3 is 14.2 Å². The van der Waals surface area contributed by atoms with Crippen LogP contribution in [0.15, 0.2) is 57.5 Å². The fourth-order valence-electron chi connectivity index (χ4n) is 4.07. The molecule has 11 heteroatoms. The molecule has 1 atom stereocenters. The van der Waals surface area contributed by atoms with Crippen molar-refractivity contribution >= 4 is 52.6 Å². The molecule has 0 aliphatic carbocycles. The third-order valence-corrected chi connectivity index (χ3v) is 7.15. The minimum absolute atomic E-state index is 0.150. The lowest BCUT2D eigenvalue weighted by Crippen LogP contribution is -2.40. The Morgan fingerprint density at radius 1 is 1.11 bits per heavy atom. The van der Waals surface area contributed by atoms with Crippen LogP contribution in [0, 0.1) is 0 Å². The second-order valence-corrected chi connectivity index (χ2v) is 10.1. The van der Waals surface area contributed by atoms with E-state index in [0.29, 0.717) is 48.6 Å². The first kappa shape index (κ1) is 27.6. The maximum absolute atomic E-state index is 13.8. The van der Waals surface area contributed by atoms with Crippen LogP contribution >= 0.6 is 34.5 Å². The summed E-state index contributed by atoms with van der Waals surface area (Å²) in [7, 11) is 0. The molecule has 0 spiro atoms. The number of fused-ring (bicyclic) bond motifs is 1. The number of esters is 2. The summed E-state index contributed by atoms with van der Waals surface area (Å²) < 4.78 is 18.2. The van der Waals surface area contributed by atoms with Crippen LogP contribution in [0.2, 0.25) is 10.0 Å². The minimum Gasteiger partial charge on any atom is -0.490 e. The predicted octanol–water partition coefficient (Wildman–Crippen LogP) is 4.43. The molecular weight excluding hydrogens is 551 g/mol. The number of thiazole rings is 1. The average Bonchev–Trinajstić information content (AvgIpc) is 3.15. The van der Waals surface area contributed by atoms with Gasteiger partial charge in [0.2, 0.25) is 0 Å². The summed E-state index contributed by atoms with van der Waals surface area (Å²) in [4.78, 5) is 43.5. The van der Waals surface area contributed by atoms with E-state index in [0.717, 1.165) is 0 Å². The molecule has 1 aromatic heterocycles. The van der Waals surface area contributed by atoms with Gasteiger partial charge in [0.15, 0.2) is 16.3 Å². The fourth-order valence-corrected chi connectivity index (χ4v) is 5.57. The SMILES string of the molecule is CCOC(=O)C1=C(C)N=c2s/c(=C/c3ccc(Cl)cc3Cl)c(=O)n2C1c1ccc(OC(C)=O)c(OCC)c1. The second-order valence-electron chi connectivity index (χ2n) is 8.20. The minimum atomic E-state index is -0.862. The van der Waals surface area contributed by atoms with Crippen molar-refractivity contribution in [1.82, 2.24) is 4.57 Å². The summed E-state index contributed by atoms with van der Waals surface area (Å²) in [6.07, 6.45) is 1.67. The van der Waals surface area contributed by atoms with Crippen LogP contribution in [-0.4, -0.2) is 29.7 Å². The Labute approximate surface area is 232 Å². The highest BCUT2D eigenvalue weighted by Crippen LogP contribution is 2.36. The molecule has 0 amide bonds. The largest absolute Gasteiger partial charge is 0.490 e. The van der Waals surface area contributed by atoms with Gasteiger partial charge in [0, 0.05) is 17.0 Å². The van der Waals surface area contributed by atoms with Gasteiger partial charge in [0.1, 0.15) is 0 Å². The Hall–Kier alpha value is -3.40. The van der Waals surface area contributed by atoms with Crippen LogP contribution in [0.5, 0.6) is 11.5 Å². The van der Waals surface area contributed by atoms with Crippen LogP contribution in [-0.2, 0) is 14.3 Å². The van der Waals surface area contributed by atoms with E-state index in [1.54, 1.807) is 63.2 Å². The summed E-state index contributed by atoms with van der Waals surface area (Å²) in [5.74, 6) is -0.564. The van der Waals surface area contributed by atoms with Gasteiger partial charge in [-0.1, -0.05) is 46.7 Å². The number of aromatic nitrogens is 1.